The number of nitrogens with one attached hydrogen (secondary N) is 1. The zero-order valence-corrected chi connectivity index (χ0v) is 5.63. The molecular formula is C5H14N2O2. The minimum atomic E-state index is 0.0750. The van der Waals surface area contributed by atoms with E-state index in [4.69, 9.17) is 15.7 Å². The Balaban J connectivity index is 2.95. The Morgan fingerprint density at radius 3 is 2.89 bits per heavy atom. The molecule has 0 aromatic rings. The van der Waals surface area contributed by atoms with E-state index in [9.17, 15) is 0 Å². The summed E-state index contributed by atoms with van der Waals surface area (Å²) in [6, 6.07) is 0. The van der Waals surface area contributed by atoms with Crippen molar-refractivity contribution < 1.29 is 9.84 Å². The van der Waals surface area contributed by atoms with E-state index >= 15 is 0 Å². The summed E-state index contributed by atoms with van der Waals surface area (Å²) in [5.41, 5.74) is 2.35. The lowest BCUT2D eigenvalue weighted by molar-refractivity contribution is 0.0366. The molecule has 4 N–H and O–H groups in total. The van der Waals surface area contributed by atoms with Crippen molar-refractivity contribution in [3.05, 3.63) is 0 Å². The van der Waals surface area contributed by atoms with Crippen LogP contribution in [0, 0.1) is 0 Å². The van der Waals surface area contributed by atoms with Gasteiger partial charge in [0.2, 0.25) is 0 Å². The lowest BCUT2D eigenvalue weighted by Crippen LogP contribution is -2.27. The first-order valence-electron chi connectivity index (χ1n) is 2.97. The monoisotopic (exact) mass is 134 g/mol. The summed E-state index contributed by atoms with van der Waals surface area (Å²) in [6.45, 7) is 2.38. The van der Waals surface area contributed by atoms with Crippen molar-refractivity contribution in [2.24, 2.45) is 5.84 Å². The van der Waals surface area contributed by atoms with Gasteiger partial charge in [-0.15, -0.1) is 0 Å². The Morgan fingerprint density at radius 1 is 1.78 bits per heavy atom. The highest BCUT2D eigenvalue weighted by Crippen LogP contribution is 1.92. The van der Waals surface area contributed by atoms with Crippen LogP contribution in [0.3, 0.4) is 0 Å². The third kappa shape index (κ3) is 5.72. The van der Waals surface area contributed by atoms with Gasteiger partial charge in [0.25, 0.3) is 0 Å². The lowest BCUT2D eigenvalue weighted by Gasteiger charge is -2.09. The van der Waals surface area contributed by atoms with Crippen LogP contribution in [0.2, 0.25) is 0 Å². The van der Waals surface area contributed by atoms with Gasteiger partial charge in [-0.05, 0) is 13.3 Å². The van der Waals surface area contributed by atoms with Gasteiger partial charge in [0.1, 0.15) is 6.73 Å². The van der Waals surface area contributed by atoms with Crippen LogP contribution < -0.4 is 11.3 Å². The largest absolute Gasteiger partial charge is 0.396 e. The summed E-state index contributed by atoms with van der Waals surface area (Å²) in [6.07, 6.45) is 0.729. The van der Waals surface area contributed by atoms with Crippen LogP contribution in [0.4, 0.5) is 0 Å². The molecule has 9 heavy (non-hydrogen) atoms. The molecule has 1 unspecified atom stereocenters. The predicted molar refractivity (Wildman–Crippen MR) is 34.4 cm³/mol. The molecule has 0 heterocycles. The van der Waals surface area contributed by atoms with Crippen LogP contribution in [0.5, 0.6) is 0 Å². The number of rotatable bonds is 5. The van der Waals surface area contributed by atoms with E-state index < -0.39 is 0 Å². The summed E-state index contributed by atoms with van der Waals surface area (Å²) in [7, 11) is 0. The fourth-order valence-electron chi connectivity index (χ4n) is 0.456. The van der Waals surface area contributed by atoms with E-state index in [1.54, 1.807) is 0 Å². The van der Waals surface area contributed by atoms with Crippen molar-refractivity contribution in [1.29, 1.82) is 0 Å². The maximum absolute atomic E-state index is 8.40. The number of aliphatic hydroxyl groups excluding tert-OH is 1. The van der Waals surface area contributed by atoms with Gasteiger partial charge in [0.05, 0.1) is 6.10 Å². The molecule has 0 aromatic heterocycles. The van der Waals surface area contributed by atoms with Crippen LogP contribution in [-0.4, -0.2) is 24.5 Å². The van der Waals surface area contributed by atoms with Gasteiger partial charge in [-0.25, -0.2) is 5.43 Å². The Hall–Kier alpha value is -0.160. The first-order valence-corrected chi connectivity index (χ1v) is 2.97. The quantitative estimate of drug-likeness (QED) is 0.261. The van der Waals surface area contributed by atoms with Gasteiger partial charge in [-0.3, -0.25) is 5.84 Å². The minimum Gasteiger partial charge on any atom is -0.396 e. The molecular weight excluding hydrogens is 120 g/mol. The van der Waals surface area contributed by atoms with E-state index in [1.807, 2.05) is 6.92 Å². The van der Waals surface area contributed by atoms with Gasteiger partial charge < -0.3 is 9.84 Å². The Bertz CT molecular complexity index is 60.9. The topological polar surface area (TPSA) is 67.5 Å². The molecule has 0 bridgehead atoms. The molecule has 0 amide bonds. The number of hydrogen-bond acceptors (Lipinski definition) is 4. The summed E-state index contributed by atoms with van der Waals surface area (Å²) in [5.74, 6) is 4.94. The average Bonchev–Trinajstić information content (AvgIpc) is 1.85. The number of hydrogen-bond donors (Lipinski definition) is 3. The van der Waals surface area contributed by atoms with E-state index in [1.165, 1.54) is 0 Å². The first kappa shape index (κ1) is 8.84. The van der Waals surface area contributed by atoms with Crippen LogP contribution in [-0.2, 0) is 4.74 Å². The second-order valence-electron chi connectivity index (χ2n) is 1.84. The van der Waals surface area contributed by atoms with Crippen LogP contribution in [0.15, 0.2) is 0 Å². The first-order chi connectivity index (χ1) is 4.31. The standard InChI is InChI=1S/C5H14N2O2/c1-5(2-3-8)9-4-7-6/h5,7-8H,2-4,6H2,1H3. The van der Waals surface area contributed by atoms with E-state index in [0.717, 1.165) is 0 Å². The Kier molecular flexibility index (Phi) is 5.86. The lowest BCUT2D eigenvalue weighted by atomic mass is 10.3. The number of ether oxygens (including phenoxy) is 1. The molecule has 4 nitrogen and oxygen atoms in total. The Labute approximate surface area is 55.0 Å². The minimum absolute atomic E-state index is 0.0750. The highest BCUT2D eigenvalue weighted by Gasteiger charge is 1.97. The van der Waals surface area contributed by atoms with E-state index in [0.29, 0.717) is 13.2 Å². The fourth-order valence-corrected chi connectivity index (χ4v) is 0.456. The zero-order valence-electron chi connectivity index (χ0n) is 5.63. The summed E-state index contributed by atoms with van der Waals surface area (Å²) in [5, 5.41) is 8.40. The molecule has 1 atom stereocenters. The molecule has 0 radical (unpaired) electrons. The van der Waals surface area contributed by atoms with Crippen molar-refractivity contribution >= 4 is 0 Å². The average molecular weight is 134 g/mol. The van der Waals surface area contributed by atoms with Gasteiger partial charge in [0, 0.05) is 6.61 Å². The molecule has 0 saturated heterocycles. The van der Waals surface area contributed by atoms with E-state index in [-0.39, 0.29) is 12.7 Å². The summed E-state index contributed by atoms with van der Waals surface area (Å²) >= 11 is 0. The molecule has 56 valence electrons. The van der Waals surface area contributed by atoms with Crippen molar-refractivity contribution in [2.45, 2.75) is 19.4 Å². The summed E-state index contributed by atoms with van der Waals surface area (Å²) in [4.78, 5) is 0. The molecule has 0 aliphatic rings. The highest BCUT2D eigenvalue weighted by molar-refractivity contribution is 4.45. The molecule has 4 heteroatoms. The van der Waals surface area contributed by atoms with Crippen molar-refractivity contribution in [2.75, 3.05) is 13.3 Å². The SMILES string of the molecule is CC(CCO)OCNN. The molecule has 0 rings (SSSR count). The van der Waals surface area contributed by atoms with E-state index in [2.05, 4.69) is 5.43 Å². The van der Waals surface area contributed by atoms with Gasteiger partial charge in [0.15, 0.2) is 0 Å². The normalized spacial score (nSPS) is 13.7. The molecule has 0 fully saturated rings. The van der Waals surface area contributed by atoms with Crippen LogP contribution in [0.1, 0.15) is 13.3 Å². The van der Waals surface area contributed by atoms with Gasteiger partial charge >= 0.3 is 0 Å². The smallest absolute Gasteiger partial charge is 0.109 e. The number of hydrazine groups is 1. The predicted octanol–water partition coefficient (Wildman–Crippen LogP) is -0.805. The molecule has 0 saturated carbocycles. The Morgan fingerprint density at radius 2 is 2.44 bits per heavy atom. The molecule has 0 spiro atoms. The fraction of sp³-hybridized carbons (Fsp3) is 1.00. The van der Waals surface area contributed by atoms with Gasteiger partial charge in [-0.1, -0.05) is 0 Å². The number of nitrogens with two attached hydrogens (primary N) is 1. The maximum Gasteiger partial charge on any atom is 0.109 e. The van der Waals surface area contributed by atoms with Gasteiger partial charge in [-0.2, -0.15) is 0 Å². The number of aliphatic hydroxyl groups is 1. The maximum atomic E-state index is 8.40. The third-order valence-electron chi connectivity index (χ3n) is 0.987. The highest BCUT2D eigenvalue weighted by atomic mass is 16.5. The molecule has 0 aliphatic heterocycles. The zero-order chi connectivity index (χ0) is 7.11. The molecule has 0 aliphatic carbocycles. The summed E-state index contributed by atoms with van der Waals surface area (Å²) < 4.78 is 5.04. The van der Waals surface area contributed by atoms with Crippen molar-refractivity contribution in [3.63, 3.8) is 0 Å². The van der Waals surface area contributed by atoms with Crippen LogP contribution in [0.25, 0.3) is 0 Å². The second kappa shape index (κ2) is 5.97. The molecule has 0 aromatic carbocycles. The van der Waals surface area contributed by atoms with Crippen molar-refractivity contribution in [3.8, 4) is 0 Å². The third-order valence-corrected chi connectivity index (χ3v) is 0.987. The van der Waals surface area contributed by atoms with Crippen molar-refractivity contribution in [1.82, 2.24) is 5.43 Å². The van der Waals surface area contributed by atoms with Crippen LogP contribution >= 0.6 is 0 Å². The second-order valence-corrected chi connectivity index (χ2v) is 1.84.